The van der Waals surface area contributed by atoms with Gasteiger partial charge in [-0.2, -0.15) is 0 Å². The largest absolute Gasteiger partial charge is 0.308 e. The minimum absolute atomic E-state index is 0.659. The smallest absolute Gasteiger partial charge is 0.235 e. The molecule has 0 saturated heterocycles. The maximum absolute atomic E-state index is 5.58. The molecule has 14 aromatic rings. The molecule has 59 heavy (non-hydrogen) atoms. The van der Waals surface area contributed by atoms with Gasteiger partial charge in [0.2, 0.25) is 5.95 Å². The Kier molecular flexibility index (Phi) is 6.14. The Balaban J connectivity index is 1.13. The van der Waals surface area contributed by atoms with E-state index in [2.05, 4.69) is 191 Å². The van der Waals surface area contributed by atoms with E-state index in [1.54, 1.807) is 0 Å². The molecule has 0 aliphatic heterocycles. The average molecular weight is 767 g/mol. The number of hydrogen-bond donors (Lipinski definition) is 0. The lowest BCUT2D eigenvalue weighted by Crippen LogP contribution is -2.04. The van der Waals surface area contributed by atoms with Gasteiger partial charge in [-0.15, -0.1) is 11.3 Å². The third-order valence-corrected chi connectivity index (χ3v) is 13.8. The lowest BCUT2D eigenvalue weighted by Gasteiger charge is -2.14. The zero-order valence-electron chi connectivity index (χ0n) is 31.5. The maximum atomic E-state index is 5.58. The van der Waals surface area contributed by atoms with Gasteiger partial charge in [0, 0.05) is 63.4 Å². The summed E-state index contributed by atoms with van der Waals surface area (Å²) in [5.41, 5.74) is 11.1. The van der Waals surface area contributed by atoms with Crippen LogP contribution in [0.2, 0.25) is 0 Å². The summed E-state index contributed by atoms with van der Waals surface area (Å²) in [5, 5.41) is 13.4. The number of fused-ring (bicyclic) bond motifs is 11. The van der Waals surface area contributed by atoms with Crippen LogP contribution in [0.4, 0.5) is 0 Å². The predicted octanol–water partition coefficient (Wildman–Crippen LogP) is 14.7. The van der Waals surface area contributed by atoms with Crippen molar-refractivity contribution in [3.63, 3.8) is 0 Å². The molecule has 5 heteroatoms. The molecule has 0 radical (unpaired) electrons. The van der Waals surface area contributed by atoms with Gasteiger partial charge < -0.3 is 4.40 Å². The summed E-state index contributed by atoms with van der Waals surface area (Å²) in [4.78, 5) is 11.1. The third kappa shape index (κ3) is 4.21. The Labute approximate surface area is 340 Å². The third-order valence-electron chi connectivity index (χ3n) is 12.6. The summed E-state index contributed by atoms with van der Waals surface area (Å²) in [6.07, 6.45) is 0. The molecule has 0 aliphatic carbocycles. The number of nitrogens with zero attached hydrogens (tertiary/aromatic N) is 4. The van der Waals surface area contributed by atoms with Crippen molar-refractivity contribution in [3.05, 3.63) is 182 Å². The maximum Gasteiger partial charge on any atom is 0.235 e. The van der Waals surface area contributed by atoms with Crippen molar-refractivity contribution < 1.29 is 0 Å². The first-order valence-corrected chi connectivity index (χ1v) is 20.9. The summed E-state index contributed by atoms with van der Waals surface area (Å²) >= 11 is 1.88. The van der Waals surface area contributed by atoms with Crippen molar-refractivity contribution in [2.45, 2.75) is 0 Å². The van der Waals surface area contributed by atoms with Gasteiger partial charge in [-0.1, -0.05) is 133 Å². The number of thiophene rings is 1. The molecule has 4 nitrogen and oxygen atoms in total. The van der Waals surface area contributed by atoms with Gasteiger partial charge in [-0.05, 0) is 70.4 Å². The first-order chi connectivity index (χ1) is 29.3. The average Bonchev–Trinajstić information content (AvgIpc) is 3.92. The van der Waals surface area contributed by atoms with Gasteiger partial charge in [0.15, 0.2) is 0 Å². The molecule has 9 aromatic carbocycles. The van der Waals surface area contributed by atoms with Crippen LogP contribution >= 0.6 is 11.3 Å². The van der Waals surface area contributed by atoms with Crippen LogP contribution in [-0.2, 0) is 0 Å². The molecule has 14 rings (SSSR count). The van der Waals surface area contributed by atoms with Crippen molar-refractivity contribution >= 4 is 113 Å². The van der Waals surface area contributed by atoms with Crippen LogP contribution in [0.1, 0.15) is 0 Å². The molecular weight excluding hydrogens is 737 g/mol. The Hall–Kier alpha value is -7.60. The van der Waals surface area contributed by atoms with Crippen LogP contribution in [-0.4, -0.2) is 18.9 Å². The lowest BCUT2D eigenvalue weighted by atomic mass is 9.98. The van der Waals surface area contributed by atoms with Gasteiger partial charge >= 0.3 is 0 Å². The van der Waals surface area contributed by atoms with E-state index in [0.717, 1.165) is 49.5 Å². The van der Waals surface area contributed by atoms with E-state index in [0.29, 0.717) is 5.95 Å². The van der Waals surface area contributed by atoms with E-state index < -0.39 is 0 Å². The summed E-state index contributed by atoms with van der Waals surface area (Å²) in [7, 11) is 0. The molecule has 0 amide bonds. The zero-order chi connectivity index (χ0) is 38.3. The van der Waals surface area contributed by atoms with Crippen LogP contribution in [0.5, 0.6) is 0 Å². The van der Waals surface area contributed by atoms with Crippen LogP contribution in [0.15, 0.2) is 182 Å². The van der Waals surface area contributed by atoms with Crippen molar-refractivity contribution in [2.24, 2.45) is 0 Å². The van der Waals surface area contributed by atoms with Crippen LogP contribution in [0.25, 0.3) is 130 Å². The molecule has 0 atom stereocenters. The minimum atomic E-state index is 0.659. The molecule has 0 saturated carbocycles. The summed E-state index contributed by atoms with van der Waals surface area (Å²) < 4.78 is 7.46. The fourth-order valence-corrected chi connectivity index (χ4v) is 11.2. The SMILES string of the molecule is c1ccc(-c2cccc(-c3nc(-n4c5cccc6c7cccc8c9cc%10c(cc9n(c9cccc4c9c65)c78)sc4ccccc4%10)nc4c3ccc3ccccc34)c2)cc1. The van der Waals surface area contributed by atoms with E-state index in [-0.39, 0.29) is 0 Å². The van der Waals surface area contributed by atoms with Gasteiger partial charge in [-0.25, -0.2) is 9.97 Å². The highest BCUT2D eigenvalue weighted by Crippen LogP contribution is 2.46. The van der Waals surface area contributed by atoms with Crippen molar-refractivity contribution in [1.82, 2.24) is 18.9 Å². The quantitative estimate of drug-likeness (QED) is 0.168. The first-order valence-electron chi connectivity index (χ1n) is 20.1. The molecular formula is C54H30N4S. The predicted molar refractivity (Wildman–Crippen MR) is 250 cm³/mol. The molecule has 5 heterocycles. The summed E-state index contributed by atoms with van der Waals surface area (Å²) in [6, 6.07) is 66.3. The Bertz CT molecular complexity index is 4080. The van der Waals surface area contributed by atoms with Gasteiger partial charge in [0.05, 0.1) is 38.8 Å². The van der Waals surface area contributed by atoms with Gasteiger partial charge in [-0.3, -0.25) is 4.57 Å². The second kappa shape index (κ2) is 11.5. The van der Waals surface area contributed by atoms with E-state index in [1.807, 2.05) is 11.3 Å². The first kappa shape index (κ1) is 31.5. The fourth-order valence-electron chi connectivity index (χ4n) is 10.1. The van der Waals surface area contributed by atoms with Crippen LogP contribution in [0.3, 0.4) is 0 Å². The fraction of sp³-hybridized carbons (Fsp3) is 0. The monoisotopic (exact) mass is 766 g/mol. The van der Waals surface area contributed by atoms with Gasteiger partial charge in [0.25, 0.3) is 0 Å². The van der Waals surface area contributed by atoms with E-state index in [9.17, 15) is 0 Å². The molecule has 0 bridgehead atoms. The summed E-state index contributed by atoms with van der Waals surface area (Å²) in [5.74, 6) is 0.659. The van der Waals surface area contributed by atoms with Gasteiger partial charge in [0.1, 0.15) is 0 Å². The highest BCUT2D eigenvalue weighted by molar-refractivity contribution is 7.25. The lowest BCUT2D eigenvalue weighted by molar-refractivity contribution is 1.02. The second-order valence-corrected chi connectivity index (χ2v) is 16.8. The minimum Gasteiger partial charge on any atom is -0.308 e. The van der Waals surface area contributed by atoms with E-state index in [4.69, 9.17) is 9.97 Å². The number of benzene rings is 9. The normalized spacial score (nSPS) is 12.4. The summed E-state index contributed by atoms with van der Waals surface area (Å²) in [6.45, 7) is 0. The number of para-hydroxylation sites is 1. The molecule has 0 unspecified atom stereocenters. The van der Waals surface area contributed by atoms with Crippen molar-refractivity contribution in [2.75, 3.05) is 0 Å². The number of hydrogen-bond acceptors (Lipinski definition) is 3. The van der Waals surface area contributed by atoms with Crippen LogP contribution < -0.4 is 0 Å². The van der Waals surface area contributed by atoms with E-state index in [1.165, 1.54) is 74.6 Å². The standard InChI is InChI=1S/C54H30N4S/c1-2-12-31(13-3-1)33-15-8-16-34(28-33)51-40-27-26-32-14-4-5-17-35(32)52(40)56-54(55-51)58-43-22-10-19-37-38-20-9-21-39-41-29-42-36-18-6-7-25-47(36)59-48(42)30-46(41)57(53(38)39)44-23-11-24-45(58)50(44)49(37)43/h1-30H. The van der Waals surface area contributed by atoms with E-state index >= 15 is 0 Å². The highest BCUT2D eigenvalue weighted by Gasteiger charge is 2.24. The zero-order valence-corrected chi connectivity index (χ0v) is 32.3. The molecule has 0 N–H and O–H groups in total. The van der Waals surface area contributed by atoms with Crippen molar-refractivity contribution in [1.29, 1.82) is 0 Å². The number of aromatic nitrogens is 4. The second-order valence-electron chi connectivity index (χ2n) is 15.7. The van der Waals surface area contributed by atoms with Crippen molar-refractivity contribution in [3.8, 4) is 28.3 Å². The highest BCUT2D eigenvalue weighted by atomic mass is 32.1. The molecule has 0 fully saturated rings. The molecule has 0 spiro atoms. The Morgan fingerprint density at radius 3 is 1.97 bits per heavy atom. The van der Waals surface area contributed by atoms with Crippen LogP contribution in [0, 0.1) is 0 Å². The molecule has 0 aliphatic rings. The molecule has 272 valence electrons. The number of rotatable bonds is 3. The Morgan fingerprint density at radius 1 is 0.373 bits per heavy atom. The topological polar surface area (TPSA) is 35.1 Å². The Morgan fingerprint density at radius 2 is 1.05 bits per heavy atom. The molecule has 5 aromatic heterocycles.